The van der Waals surface area contributed by atoms with Gasteiger partial charge in [-0.2, -0.15) is 0 Å². The minimum atomic E-state index is -0.0161. The minimum absolute atomic E-state index is 0.0161. The van der Waals surface area contributed by atoms with E-state index in [4.69, 9.17) is 0 Å². The molecule has 19 heavy (non-hydrogen) atoms. The van der Waals surface area contributed by atoms with E-state index < -0.39 is 0 Å². The Labute approximate surface area is 114 Å². The molecule has 5 heteroatoms. The first-order chi connectivity index (χ1) is 9.16. The topological polar surface area (TPSA) is 50.2 Å². The van der Waals surface area contributed by atoms with Crippen LogP contribution in [0.1, 0.15) is 26.7 Å². The summed E-state index contributed by atoms with van der Waals surface area (Å²) in [4.78, 5) is 18.7. The lowest BCUT2D eigenvalue weighted by Crippen LogP contribution is -2.30. The molecule has 1 N–H and O–H groups in total. The number of rotatable bonds is 6. The van der Waals surface area contributed by atoms with Crippen LogP contribution in [-0.2, 0) is 6.54 Å². The summed E-state index contributed by atoms with van der Waals surface area (Å²) < 4.78 is 1.73. The zero-order valence-corrected chi connectivity index (χ0v) is 11.9. The zero-order chi connectivity index (χ0) is 13.7. The summed E-state index contributed by atoms with van der Waals surface area (Å²) in [5.74, 6) is 0.930. The number of nitrogens with one attached hydrogen (secondary N) is 1. The smallest absolute Gasteiger partial charge is 0.293 e. The molecule has 1 fully saturated rings. The molecule has 0 unspecified atom stereocenters. The Morgan fingerprint density at radius 2 is 2.11 bits per heavy atom. The highest BCUT2D eigenvalue weighted by atomic mass is 16.1. The Bertz CT molecular complexity index is 449. The Balaban J connectivity index is 1.90. The Morgan fingerprint density at radius 3 is 2.79 bits per heavy atom. The number of nitrogens with zero attached hydrogens (tertiary/aromatic N) is 3. The van der Waals surface area contributed by atoms with E-state index in [1.807, 2.05) is 0 Å². The molecule has 0 bridgehead atoms. The van der Waals surface area contributed by atoms with E-state index >= 15 is 0 Å². The second kappa shape index (κ2) is 6.70. The van der Waals surface area contributed by atoms with Crippen LogP contribution >= 0.6 is 0 Å². The number of likely N-dealkylation sites (tertiary alicyclic amines) is 1. The van der Waals surface area contributed by atoms with E-state index in [0.29, 0.717) is 11.7 Å². The second-order valence-electron chi connectivity index (χ2n) is 5.60. The molecule has 0 aliphatic carbocycles. The van der Waals surface area contributed by atoms with Crippen molar-refractivity contribution in [3.8, 4) is 0 Å². The van der Waals surface area contributed by atoms with E-state index in [1.165, 1.54) is 25.9 Å². The molecule has 0 radical (unpaired) electrons. The van der Waals surface area contributed by atoms with Crippen molar-refractivity contribution >= 4 is 5.82 Å². The van der Waals surface area contributed by atoms with Crippen LogP contribution in [0, 0.1) is 5.92 Å². The molecule has 1 aliphatic rings. The van der Waals surface area contributed by atoms with Gasteiger partial charge in [-0.05, 0) is 31.8 Å². The van der Waals surface area contributed by atoms with Crippen molar-refractivity contribution in [1.29, 1.82) is 0 Å². The molecule has 0 saturated carbocycles. The molecular formula is C14H24N4O. The van der Waals surface area contributed by atoms with Crippen LogP contribution in [0.3, 0.4) is 0 Å². The Hall–Kier alpha value is -1.36. The molecule has 0 aromatic carbocycles. The monoisotopic (exact) mass is 264 g/mol. The van der Waals surface area contributed by atoms with Gasteiger partial charge in [-0.15, -0.1) is 0 Å². The first-order valence-corrected chi connectivity index (χ1v) is 7.18. The average Bonchev–Trinajstić information content (AvgIpc) is 2.86. The van der Waals surface area contributed by atoms with Crippen LogP contribution < -0.4 is 10.9 Å². The number of hydrogen-bond donors (Lipinski definition) is 1. The fourth-order valence-corrected chi connectivity index (χ4v) is 2.44. The highest BCUT2D eigenvalue weighted by Gasteiger charge is 2.11. The van der Waals surface area contributed by atoms with Crippen LogP contribution in [0.5, 0.6) is 0 Å². The van der Waals surface area contributed by atoms with Crippen molar-refractivity contribution in [2.75, 3.05) is 31.5 Å². The second-order valence-corrected chi connectivity index (χ2v) is 5.60. The molecule has 5 nitrogen and oxygen atoms in total. The van der Waals surface area contributed by atoms with Crippen molar-refractivity contribution < 1.29 is 0 Å². The summed E-state index contributed by atoms with van der Waals surface area (Å²) in [6.07, 6.45) is 6.05. The van der Waals surface area contributed by atoms with Crippen molar-refractivity contribution in [3.05, 3.63) is 22.7 Å². The molecule has 1 aliphatic heterocycles. The van der Waals surface area contributed by atoms with E-state index in [2.05, 4.69) is 29.0 Å². The molecule has 0 amide bonds. The van der Waals surface area contributed by atoms with Gasteiger partial charge in [0, 0.05) is 32.0 Å². The van der Waals surface area contributed by atoms with Crippen LogP contribution in [0.2, 0.25) is 0 Å². The van der Waals surface area contributed by atoms with Gasteiger partial charge in [0.1, 0.15) is 0 Å². The number of anilines is 1. The SMILES string of the molecule is CC(C)Cn1ccnc(NCCN2CCCC2)c1=O. The fourth-order valence-electron chi connectivity index (χ4n) is 2.44. The maximum Gasteiger partial charge on any atom is 0.293 e. The van der Waals surface area contributed by atoms with E-state index in [9.17, 15) is 4.79 Å². The molecular weight excluding hydrogens is 240 g/mol. The third-order valence-electron chi connectivity index (χ3n) is 3.39. The molecule has 2 rings (SSSR count). The molecule has 1 saturated heterocycles. The summed E-state index contributed by atoms with van der Waals surface area (Å²) >= 11 is 0. The highest BCUT2D eigenvalue weighted by Crippen LogP contribution is 2.06. The van der Waals surface area contributed by atoms with Gasteiger partial charge >= 0.3 is 0 Å². The third kappa shape index (κ3) is 4.06. The largest absolute Gasteiger partial charge is 0.364 e. The van der Waals surface area contributed by atoms with Crippen LogP contribution in [0.25, 0.3) is 0 Å². The van der Waals surface area contributed by atoms with Gasteiger partial charge in [0.25, 0.3) is 5.56 Å². The Morgan fingerprint density at radius 1 is 1.37 bits per heavy atom. The van der Waals surface area contributed by atoms with Gasteiger partial charge in [-0.3, -0.25) is 4.79 Å². The summed E-state index contributed by atoms with van der Waals surface area (Å²) in [6, 6.07) is 0. The quantitative estimate of drug-likeness (QED) is 0.844. The van der Waals surface area contributed by atoms with Crippen LogP contribution in [0.15, 0.2) is 17.2 Å². The van der Waals surface area contributed by atoms with E-state index in [-0.39, 0.29) is 5.56 Å². The Kier molecular flexibility index (Phi) is 4.96. The number of hydrogen-bond acceptors (Lipinski definition) is 4. The average molecular weight is 264 g/mol. The van der Waals surface area contributed by atoms with Crippen LogP contribution in [-0.4, -0.2) is 40.6 Å². The molecule has 1 aromatic rings. The van der Waals surface area contributed by atoms with Crippen molar-refractivity contribution in [2.24, 2.45) is 5.92 Å². The highest BCUT2D eigenvalue weighted by molar-refractivity contribution is 5.30. The summed E-state index contributed by atoms with van der Waals surface area (Å²) in [5.41, 5.74) is -0.0161. The molecule has 1 aromatic heterocycles. The molecule has 2 heterocycles. The summed E-state index contributed by atoms with van der Waals surface area (Å²) in [5, 5.41) is 3.17. The lowest BCUT2D eigenvalue weighted by Gasteiger charge is -2.15. The standard InChI is InChI=1S/C14H24N4O/c1-12(2)11-18-10-6-16-13(14(18)19)15-5-9-17-7-3-4-8-17/h6,10,12H,3-5,7-9,11H2,1-2H3,(H,15,16). The fraction of sp³-hybridized carbons (Fsp3) is 0.714. The summed E-state index contributed by atoms with van der Waals surface area (Å²) in [6.45, 7) is 9.08. The zero-order valence-electron chi connectivity index (χ0n) is 11.9. The van der Waals surface area contributed by atoms with Crippen molar-refractivity contribution in [3.63, 3.8) is 0 Å². The van der Waals surface area contributed by atoms with Gasteiger partial charge in [-0.1, -0.05) is 13.8 Å². The van der Waals surface area contributed by atoms with Gasteiger partial charge in [0.15, 0.2) is 5.82 Å². The predicted octanol–water partition coefficient (Wildman–Crippen LogP) is 1.41. The van der Waals surface area contributed by atoms with Crippen molar-refractivity contribution in [1.82, 2.24) is 14.5 Å². The lowest BCUT2D eigenvalue weighted by atomic mass is 10.2. The maximum absolute atomic E-state index is 12.2. The van der Waals surface area contributed by atoms with Gasteiger partial charge < -0.3 is 14.8 Å². The third-order valence-corrected chi connectivity index (χ3v) is 3.39. The first-order valence-electron chi connectivity index (χ1n) is 7.18. The number of aromatic nitrogens is 2. The van der Waals surface area contributed by atoms with Gasteiger partial charge in [0.05, 0.1) is 0 Å². The van der Waals surface area contributed by atoms with Crippen LogP contribution in [0.4, 0.5) is 5.82 Å². The molecule has 0 spiro atoms. The van der Waals surface area contributed by atoms with Gasteiger partial charge in [-0.25, -0.2) is 4.98 Å². The van der Waals surface area contributed by atoms with E-state index in [0.717, 1.165) is 19.6 Å². The predicted molar refractivity (Wildman–Crippen MR) is 77.5 cm³/mol. The first kappa shape index (κ1) is 14.1. The lowest BCUT2D eigenvalue weighted by molar-refractivity contribution is 0.352. The van der Waals surface area contributed by atoms with Crippen molar-refractivity contribution in [2.45, 2.75) is 33.2 Å². The normalized spacial score (nSPS) is 16.2. The molecule has 106 valence electrons. The minimum Gasteiger partial charge on any atom is -0.364 e. The van der Waals surface area contributed by atoms with Gasteiger partial charge in [0.2, 0.25) is 0 Å². The van der Waals surface area contributed by atoms with E-state index in [1.54, 1.807) is 17.0 Å². The summed E-state index contributed by atoms with van der Waals surface area (Å²) in [7, 11) is 0. The maximum atomic E-state index is 12.2. The molecule has 0 atom stereocenters.